The minimum atomic E-state index is 0.324. The number of hydrogen-bond donors (Lipinski definition) is 1. The van der Waals surface area contributed by atoms with Gasteiger partial charge in [-0.1, -0.05) is 42.3 Å². The summed E-state index contributed by atoms with van der Waals surface area (Å²) in [6.07, 6.45) is 6.92. The molecule has 5 heteroatoms. The number of benzene rings is 4. The van der Waals surface area contributed by atoms with E-state index in [-0.39, 0.29) is 0 Å². The first kappa shape index (κ1) is 79.2. The summed E-state index contributed by atoms with van der Waals surface area (Å²) in [4.78, 5) is 6.25. The van der Waals surface area contributed by atoms with Crippen molar-refractivity contribution < 1.29 is 14.2 Å². The maximum absolute atomic E-state index is 6.33. The molecule has 4 aromatic carbocycles. The third-order valence-electron chi connectivity index (χ3n) is 12.5. The van der Waals surface area contributed by atoms with Crippen LogP contribution in [0.1, 0.15) is 40.9 Å². The maximum Gasteiger partial charge on any atom is 0.161 e. The number of ether oxygens (including phenoxy) is 3. The number of fused-ring (bicyclic) bond motifs is 7. The van der Waals surface area contributed by atoms with Crippen molar-refractivity contribution in [3.05, 3.63) is 101 Å². The summed E-state index contributed by atoms with van der Waals surface area (Å²) in [5.74, 6) is 179. The van der Waals surface area contributed by atoms with Gasteiger partial charge in [-0.25, -0.2) is 0 Å². The van der Waals surface area contributed by atoms with E-state index in [1.807, 2.05) is 6.07 Å². The Bertz CT molecular complexity index is 7240. The van der Waals surface area contributed by atoms with E-state index in [0.717, 1.165) is 48.7 Å². The smallest absolute Gasteiger partial charge is 0.161 e. The summed E-state index contributed by atoms with van der Waals surface area (Å²) in [5.41, 5.74) is 7.77. The SMILES string of the molecule is C#CC#CC#CC#CC#CC#CC#CC#CC#CC#CC#CC#CC#CC#CC#CC#CC#CC#CC#CC#CC#CC#CC#CC#CC#CC#CC#CC#CC#CC#CC#CC#CC#CC#CC#CC#CC.COc1ccc2[nH]c3c(c2c1)CC1c2cc(OC)c(OCc4ccc5ccccc5c4)cc2CCN1C3. The number of terminal acetylenes is 1. The number of methoxy groups -OCH3 is 2. The zero-order valence-electron chi connectivity index (χ0n) is 58.3. The third-order valence-corrected chi connectivity index (χ3v) is 12.5. The highest BCUT2D eigenvalue weighted by molar-refractivity contribution is 5.87. The molecule has 0 amide bonds. The van der Waals surface area contributed by atoms with Gasteiger partial charge in [-0.3, -0.25) is 4.90 Å². The zero-order valence-corrected chi connectivity index (χ0v) is 58.3. The van der Waals surface area contributed by atoms with E-state index in [4.69, 9.17) is 20.6 Å². The van der Waals surface area contributed by atoms with Gasteiger partial charge in [-0.2, -0.15) is 0 Å². The lowest BCUT2D eigenvalue weighted by Crippen LogP contribution is -2.39. The second-order valence-electron chi connectivity index (χ2n) is 19.1. The third kappa shape index (κ3) is 33.6. The predicted octanol–water partition coefficient (Wildman–Crippen LogP) is 7.33. The summed E-state index contributed by atoms with van der Waals surface area (Å²) >= 11 is 0. The van der Waals surface area contributed by atoms with E-state index in [2.05, 4.69) is 497 Å². The molecule has 0 saturated heterocycles. The lowest BCUT2D eigenvalue weighted by atomic mass is 9.85. The van der Waals surface area contributed by atoms with E-state index in [0.29, 0.717) is 12.6 Å². The first-order chi connectivity index (χ1) is 54.6. The van der Waals surface area contributed by atoms with Crippen molar-refractivity contribution in [2.75, 3.05) is 20.8 Å². The quantitative estimate of drug-likeness (QED) is 0.188. The molecule has 1 unspecified atom stereocenters. The minimum Gasteiger partial charge on any atom is -0.497 e. The van der Waals surface area contributed by atoms with Crippen molar-refractivity contribution in [1.29, 1.82) is 0 Å². The molecule has 3 heterocycles. The number of aromatic amines is 1. The van der Waals surface area contributed by atoms with E-state index in [1.54, 1.807) is 21.1 Å². The van der Waals surface area contributed by atoms with Crippen molar-refractivity contribution in [3.8, 4) is 444 Å². The van der Waals surface area contributed by atoms with Crippen LogP contribution in [0.3, 0.4) is 0 Å². The van der Waals surface area contributed by atoms with Crippen LogP contribution >= 0.6 is 0 Å². The number of nitrogens with one attached hydrogen (secondary N) is 1. The summed E-state index contributed by atoms with van der Waals surface area (Å²) < 4.78 is 17.7. The van der Waals surface area contributed by atoms with Gasteiger partial charge in [0, 0.05) is 355 Å². The van der Waals surface area contributed by atoms with Gasteiger partial charge in [0.25, 0.3) is 0 Å². The standard InChI is InChI=1S/C73H4.C32H30N2O3/c1-3-5-7-9-11-13-15-17-19-21-23-25-27-29-31-33-35-37-39-41-43-45-47-49-51-53-55-57-59-61-63-65-67-69-71-73-72-70-68-66-64-62-60-58-56-54-52-50-48-46-44-42-40-38-36-34-32-30-28-26-24-22-20-18-16-14-12-10-8-6-4-2;1-35-24-9-10-28-26(15-24)27-16-30-25-17-31(36-2)32(14-23(25)11-12-34(30)18-29(27)33-28)37-19-20-7-8-21-5-3-4-6-22(21)13-20/h1H,2H3;3-10,13-15,17,30,33H,11-12,16,18-19H2,1-2H3. The van der Waals surface area contributed by atoms with E-state index < -0.39 is 0 Å². The Morgan fingerprint density at radius 1 is 0.364 bits per heavy atom. The van der Waals surface area contributed by atoms with E-state index in [1.165, 1.54) is 44.1 Å². The molecule has 5 nitrogen and oxygen atoms in total. The van der Waals surface area contributed by atoms with E-state index >= 15 is 0 Å². The highest BCUT2D eigenvalue weighted by Crippen LogP contribution is 2.44. The number of nitrogens with zero attached hydrogens (tertiary/aromatic N) is 1. The molecule has 110 heavy (non-hydrogen) atoms. The molecule has 0 bridgehead atoms. The Balaban J connectivity index is 0.000000416. The van der Waals surface area contributed by atoms with Gasteiger partial charge in [-0.05, 0) is 184 Å². The highest BCUT2D eigenvalue weighted by Gasteiger charge is 2.35. The lowest BCUT2D eigenvalue weighted by Gasteiger charge is -2.40. The maximum atomic E-state index is 6.33. The zero-order chi connectivity index (χ0) is 77.1. The molecule has 0 radical (unpaired) electrons. The lowest BCUT2D eigenvalue weighted by molar-refractivity contribution is 0.158. The Kier molecular flexibility index (Phi) is 38.3. The first-order valence-electron chi connectivity index (χ1n) is 31.2. The molecule has 482 valence electrons. The molecular weight excluding hydrogens is 1340 g/mol. The molecule has 0 saturated carbocycles. The summed E-state index contributed by atoms with van der Waals surface area (Å²) in [6, 6.07) is 26.0. The van der Waals surface area contributed by atoms with Crippen LogP contribution in [-0.4, -0.2) is 30.6 Å². The van der Waals surface area contributed by atoms with Crippen LogP contribution in [0, 0.1) is 427 Å². The fourth-order valence-corrected chi connectivity index (χ4v) is 8.32. The fourth-order valence-electron chi connectivity index (χ4n) is 8.32. The Morgan fingerprint density at radius 3 is 1.05 bits per heavy atom. The van der Waals surface area contributed by atoms with Gasteiger partial charge in [0.15, 0.2) is 11.5 Å². The number of H-pyrrole nitrogens is 1. The largest absolute Gasteiger partial charge is 0.497 e. The molecule has 1 aromatic heterocycles. The Hall–Kier alpha value is -19.8. The van der Waals surface area contributed by atoms with Gasteiger partial charge in [-0.15, -0.1) is 6.42 Å². The molecule has 7 rings (SSSR count). The topological polar surface area (TPSA) is 46.7 Å². The second kappa shape index (κ2) is 53.2. The van der Waals surface area contributed by atoms with Gasteiger partial charge < -0.3 is 19.2 Å². The fraction of sp³-hybridized carbons (Fsp3) is 0.0857. The van der Waals surface area contributed by atoms with Crippen molar-refractivity contribution >= 4 is 21.7 Å². The highest BCUT2D eigenvalue weighted by atomic mass is 16.5. The summed E-state index contributed by atoms with van der Waals surface area (Å²) in [7, 11) is 3.46. The molecule has 1 N–H and O–H groups in total. The minimum absolute atomic E-state index is 0.324. The van der Waals surface area contributed by atoms with Crippen LogP contribution in [-0.2, 0) is 26.0 Å². The Morgan fingerprint density at radius 2 is 0.709 bits per heavy atom. The van der Waals surface area contributed by atoms with Gasteiger partial charge >= 0.3 is 0 Å². The molecule has 0 aliphatic carbocycles. The summed E-state index contributed by atoms with van der Waals surface area (Å²) in [6.45, 7) is 4.16. The molecule has 2 aliphatic heterocycles. The molecule has 0 spiro atoms. The molecule has 0 fully saturated rings. The number of aromatic nitrogens is 1. The molecular formula is C105H34N2O3. The van der Waals surface area contributed by atoms with Crippen molar-refractivity contribution in [1.82, 2.24) is 9.88 Å². The molecule has 2 aliphatic rings. The second-order valence-corrected chi connectivity index (χ2v) is 19.1. The van der Waals surface area contributed by atoms with Crippen molar-refractivity contribution in [3.63, 3.8) is 0 Å². The Labute approximate surface area is 646 Å². The average Bonchev–Trinajstić information content (AvgIpc) is 1.50. The summed E-state index contributed by atoms with van der Waals surface area (Å²) in [5, 5.41) is 3.74. The number of hydrogen-bond acceptors (Lipinski definition) is 4. The van der Waals surface area contributed by atoms with Crippen molar-refractivity contribution in [2.45, 2.75) is 39.0 Å². The normalized spacial score (nSPS) is 8.25. The average molecular weight is 1370 g/mol. The number of rotatable bonds is 5. The van der Waals surface area contributed by atoms with Gasteiger partial charge in [0.05, 0.1) is 14.2 Å². The van der Waals surface area contributed by atoms with Crippen LogP contribution < -0.4 is 14.2 Å². The van der Waals surface area contributed by atoms with E-state index in [9.17, 15) is 0 Å². The first-order valence-corrected chi connectivity index (χ1v) is 31.2. The predicted molar refractivity (Wildman–Crippen MR) is 433 cm³/mol. The van der Waals surface area contributed by atoms with Gasteiger partial charge in [0.1, 0.15) is 12.4 Å². The van der Waals surface area contributed by atoms with Crippen LogP contribution in [0.4, 0.5) is 0 Å². The van der Waals surface area contributed by atoms with Crippen molar-refractivity contribution in [2.24, 2.45) is 0 Å². The van der Waals surface area contributed by atoms with Gasteiger partial charge in [0.2, 0.25) is 0 Å². The van der Waals surface area contributed by atoms with Crippen LogP contribution in [0.15, 0.2) is 72.8 Å². The monoisotopic (exact) mass is 1370 g/mol. The van der Waals surface area contributed by atoms with Crippen LogP contribution in [0.25, 0.3) is 21.7 Å². The molecule has 5 aromatic rings. The molecule has 1 atom stereocenters. The van der Waals surface area contributed by atoms with Crippen LogP contribution in [0.5, 0.6) is 17.2 Å². The van der Waals surface area contributed by atoms with Crippen LogP contribution in [0.2, 0.25) is 0 Å².